The van der Waals surface area contributed by atoms with Gasteiger partial charge in [0.15, 0.2) is 0 Å². The van der Waals surface area contributed by atoms with Crippen LogP contribution in [0.2, 0.25) is 0 Å². The number of aromatic nitrogens is 2. The zero-order valence-electron chi connectivity index (χ0n) is 23.1. The number of para-hydroxylation sites is 1. The van der Waals surface area contributed by atoms with Gasteiger partial charge >= 0.3 is 6.03 Å². The Balaban J connectivity index is 1.83. The number of carbonyl (C=O) groups is 1. The lowest BCUT2D eigenvalue weighted by atomic mass is 10.1. The Kier molecular flexibility index (Phi) is 8.51. The second kappa shape index (κ2) is 12.0. The fourth-order valence-corrected chi connectivity index (χ4v) is 4.61. The summed E-state index contributed by atoms with van der Waals surface area (Å²) in [5.74, 6) is 1.50. The number of anilines is 1. The molecule has 0 aliphatic carbocycles. The van der Waals surface area contributed by atoms with E-state index in [0.29, 0.717) is 40.5 Å². The Morgan fingerprint density at radius 1 is 1.03 bits per heavy atom. The maximum atomic E-state index is 13.9. The van der Waals surface area contributed by atoms with Gasteiger partial charge in [0.25, 0.3) is 5.56 Å². The van der Waals surface area contributed by atoms with Gasteiger partial charge in [-0.3, -0.25) is 9.36 Å². The quantitative estimate of drug-likeness (QED) is 0.317. The molecule has 3 aromatic carbocycles. The van der Waals surface area contributed by atoms with Crippen molar-refractivity contribution in [2.24, 2.45) is 0 Å². The molecule has 0 bridgehead atoms. The van der Waals surface area contributed by atoms with Crippen LogP contribution in [0.15, 0.2) is 65.5 Å². The van der Waals surface area contributed by atoms with Crippen molar-refractivity contribution in [2.75, 3.05) is 39.8 Å². The van der Waals surface area contributed by atoms with Crippen LogP contribution < -0.4 is 20.3 Å². The Morgan fingerprint density at radius 3 is 2.49 bits per heavy atom. The Labute approximate surface area is 227 Å². The van der Waals surface area contributed by atoms with Gasteiger partial charge in [0.2, 0.25) is 0 Å². The van der Waals surface area contributed by atoms with Crippen molar-refractivity contribution in [1.82, 2.24) is 14.5 Å². The fraction of sp³-hybridized carbons (Fsp3) is 0.300. The first-order valence-electron chi connectivity index (χ1n) is 12.7. The molecule has 0 aliphatic rings. The molecule has 1 aromatic heterocycles. The van der Waals surface area contributed by atoms with Crippen molar-refractivity contribution in [2.45, 2.75) is 26.8 Å². The van der Waals surface area contributed by atoms with E-state index in [2.05, 4.69) is 5.32 Å². The molecule has 0 aliphatic heterocycles. The number of fused-ring (bicyclic) bond motifs is 1. The SMILES string of the molecule is COCCN(C(=O)Nc1ccc(OC)cc1OC)C(C)c1nc2ccccc2c(=O)n1-c1ccc(C)cc1C. The van der Waals surface area contributed by atoms with Crippen molar-refractivity contribution in [3.63, 3.8) is 0 Å². The van der Waals surface area contributed by atoms with Crippen molar-refractivity contribution in [1.29, 1.82) is 0 Å². The minimum atomic E-state index is -0.595. The normalized spacial score (nSPS) is 11.7. The topological polar surface area (TPSA) is 94.9 Å². The molecule has 0 radical (unpaired) electrons. The standard InChI is InChI=1S/C30H34N4O5/c1-19-11-14-26(20(2)17-19)34-28(31-24-10-8-7-9-23(24)29(34)35)21(3)33(15-16-37-4)30(36)32-25-13-12-22(38-5)18-27(25)39-6/h7-14,17-18,21H,15-16H2,1-6H3,(H,32,36). The first-order valence-corrected chi connectivity index (χ1v) is 12.7. The van der Waals surface area contributed by atoms with Crippen LogP contribution in [0.3, 0.4) is 0 Å². The van der Waals surface area contributed by atoms with Crippen molar-refractivity contribution in [3.8, 4) is 17.2 Å². The van der Waals surface area contributed by atoms with E-state index < -0.39 is 12.1 Å². The fourth-order valence-electron chi connectivity index (χ4n) is 4.61. The van der Waals surface area contributed by atoms with Crippen LogP contribution in [-0.2, 0) is 4.74 Å². The van der Waals surface area contributed by atoms with E-state index in [9.17, 15) is 9.59 Å². The maximum Gasteiger partial charge on any atom is 0.322 e. The molecular weight excluding hydrogens is 496 g/mol. The molecular formula is C30H34N4O5. The second-order valence-electron chi connectivity index (χ2n) is 9.28. The average Bonchev–Trinajstić information content (AvgIpc) is 2.93. The highest BCUT2D eigenvalue weighted by atomic mass is 16.5. The number of nitrogens with one attached hydrogen (secondary N) is 1. The molecule has 1 atom stereocenters. The van der Waals surface area contributed by atoms with Gasteiger partial charge in [0, 0.05) is 19.7 Å². The van der Waals surface area contributed by atoms with Crippen molar-refractivity contribution in [3.05, 3.63) is 88.0 Å². The number of rotatable bonds is 9. The third-order valence-corrected chi connectivity index (χ3v) is 6.68. The van der Waals surface area contributed by atoms with E-state index in [-0.39, 0.29) is 12.1 Å². The molecule has 9 heteroatoms. The molecule has 9 nitrogen and oxygen atoms in total. The number of hydrogen-bond donors (Lipinski definition) is 1. The van der Waals surface area contributed by atoms with Crippen LogP contribution in [0.25, 0.3) is 16.6 Å². The molecule has 39 heavy (non-hydrogen) atoms. The molecule has 0 spiro atoms. The van der Waals surface area contributed by atoms with Gasteiger partial charge in [-0.05, 0) is 56.7 Å². The van der Waals surface area contributed by atoms with Gasteiger partial charge in [-0.2, -0.15) is 0 Å². The summed E-state index contributed by atoms with van der Waals surface area (Å²) >= 11 is 0. The molecule has 1 N–H and O–H groups in total. The van der Waals surface area contributed by atoms with Crippen LogP contribution in [0.5, 0.6) is 11.5 Å². The van der Waals surface area contributed by atoms with Crippen molar-refractivity contribution < 1.29 is 19.0 Å². The molecule has 4 rings (SSSR count). The number of ether oxygens (including phenoxy) is 3. The molecule has 4 aromatic rings. The van der Waals surface area contributed by atoms with Crippen LogP contribution in [0.4, 0.5) is 10.5 Å². The second-order valence-corrected chi connectivity index (χ2v) is 9.28. The third kappa shape index (κ3) is 5.73. The molecule has 1 heterocycles. The monoisotopic (exact) mass is 530 g/mol. The minimum absolute atomic E-state index is 0.196. The highest BCUT2D eigenvalue weighted by molar-refractivity contribution is 5.91. The Morgan fingerprint density at radius 2 is 1.79 bits per heavy atom. The highest BCUT2D eigenvalue weighted by Gasteiger charge is 2.28. The first-order chi connectivity index (χ1) is 18.8. The Bertz CT molecular complexity index is 1550. The molecule has 1 unspecified atom stereocenters. The molecule has 204 valence electrons. The van der Waals surface area contributed by atoms with Crippen molar-refractivity contribution >= 4 is 22.6 Å². The highest BCUT2D eigenvalue weighted by Crippen LogP contribution is 2.31. The smallest absolute Gasteiger partial charge is 0.322 e. The minimum Gasteiger partial charge on any atom is -0.497 e. The summed E-state index contributed by atoms with van der Waals surface area (Å²) in [6, 6.07) is 17.3. The van der Waals surface area contributed by atoms with Gasteiger partial charge in [-0.1, -0.05) is 29.8 Å². The summed E-state index contributed by atoms with van der Waals surface area (Å²) in [6.07, 6.45) is 0. The predicted molar refractivity (Wildman–Crippen MR) is 152 cm³/mol. The Hall–Kier alpha value is -4.37. The van der Waals surface area contributed by atoms with E-state index in [1.54, 1.807) is 54.0 Å². The number of benzene rings is 3. The number of amides is 2. The zero-order chi connectivity index (χ0) is 28.1. The lowest BCUT2D eigenvalue weighted by Crippen LogP contribution is -2.41. The van der Waals surface area contributed by atoms with Gasteiger partial charge in [-0.25, -0.2) is 9.78 Å². The number of methoxy groups -OCH3 is 3. The number of aryl methyl sites for hydroxylation is 2. The summed E-state index contributed by atoms with van der Waals surface area (Å²) in [7, 11) is 4.66. The largest absolute Gasteiger partial charge is 0.497 e. The van der Waals surface area contributed by atoms with E-state index in [4.69, 9.17) is 19.2 Å². The summed E-state index contributed by atoms with van der Waals surface area (Å²) in [6.45, 7) is 6.38. The van der Waals surface area contributed by atoms with Gasteiger partial charge in [0.1, 0.15) is 17.3 Å². The lowest BCUT2D eigenvalue weighted by Gasteiger charge is -2.31. The van der Waals surface area contributed by atoms with Gasteiger partial charge in [-0.15, -0.1) is 0 Å². The molecule has 2 amide bonds. The number of nitrogens with zero attached hydrogens (tertiary/aromatic N) is 3. The number of hydrogen-bond acceptors (Lipinski definition) is 6. The van der Waals surface area contributed by atoms with E-state index in [1.807, 2.05) is 51.1 Å². The number of urea groups is 1. The average molecular weight is 531 g/mol. The zero-order valence-corrected chi connectivity index (χ0v) is 23.1. The summed E-state index contributed by atoms with van der Waals surface area (Å²) < 4.78 is 17.7. The van der Waals surface area contributed by atoms with E-state index in [0.717, 1.165) is 16.8 Å². The van der Waals surface area contributed by atoms with Crippen LogP contribution in [-0.4, -0.2) is 55.0 Å². The van der Waals surface area contributed by atoms with E-state index >= 15 is 0 Å². The van der Waals surface area contributed by atoms with Crippen LogP contribution in [0, 0.1) is 13.8 Å². The molecule has 0 saturated carbocycles. The van der Waals surface area contributed by atoms with E-state index in [1.165, 1.54) is 7.11 Å². The summed E-state index contributed by atoms with van der Waals surface area (Å²) in [5, 5.41) is 3.44. The molecule has 0 saturated heterocycles. The van der Waals surface area contributed by atoms with Crippen LogP contribution in [0.1, 0.15) is 29.9 Å². The van der Waals surface area contributed by atoms with Crippen LogP contribution >= 0.6 is 0 Å². The third-order valence-electron chi connectivity index (χ3n) is 6.68. The predicted octanol–water partition coefficient (Wildman–Crippen LogP) is 5.26. The van der Waals surface area contributed by atoms with Gasteiger partial charge < -0.3 is 24.4 Å². The summed E-state index contributed by atoms with van der Waals surface area (Å²) in [5.41, 5.74) is 3.58. The van der Waals surface area contributed by atoms with Gasteiger partial charge in [0.05, 0.1) is 49.1 Å². The molecule has 0 fully saturated rings. The maximum absolute atomic E-state index is 13.9. The lowest BCUT2D eigenvalue weighted by molar-refractivity contribution is 0.137. The first kappa shape index (κ1) is 27.7. The number of carbonyl (C=O) groups excluding carboxylic acids is 1. The summed E-state index contributed by atoms with van der Waals surface area (Å²) in [4.78, 5) is 34.1.